The highest BCUT2D eigenvalue weighted by Gasteiger charge is 2.30. The van der Waals surface area contributed by atoms with E-state index in [1.165, 1.54) is 12.7 Å². The van der Waals surface area contributed by atoms with E-state index in [2.05, 4.69) is 30.8 Å². The molecule has 144 valence electrons. The van der Waals surface area contributed by atoms with Crippen molar-refractivity contribution >= 4 is 17.6 Å². The number of ether oxygens (including phenoxy) is 2. The number of hydrogen-bond acceptors (Lipinski definition) is 4. The fourth-order valence-corrected chi connectivity index (χ4v) is 2.45. The summed E-state index contributed by atoms with van der Waals surface area (Å²) in [5.74, 6) is -0.0763. The van der Waals surface area contributed by atoms with Crippen LogP contribution < -0.4 is 10.1 Å². The van der Waals surface area contributed by atoms with E-state index in [1.54, 1.807) is 38.1 Å². The zero-order chi connectivity index (χ0) is 20.2. The molecule has 0 aromatic heterocycles. The normalized spacial score (nSPS) is 11.6. The molecular weight excluding hydrogens is 342 g/mol. The second-order valence-corrected chi connectivity index (χ2v) is 7.91. The van der Waals surface area contributed by atoms with Crippen LogP contribution in [0.4, 0.5) is 5.69 Å². The van der Waals surface area contributed by atoms with Gasteiger partial charge in [-0.05, 0) is 61.2 Å². The number of esters is 1. The van der Waals surface area contributed by atoms with Crippen LogP contribution in [0.2, 0.25) is 0 Å². The third-order valence-corrected chi connectivity index (χ3v) is 4.20. The van der Waals surface area contributed by atoms with Crippen LogP contribution in [0.5, 0.6) is 5.75 Å². The van der Waals surface area contributed by atoms with Crippen LogP contribution >= 0.6 is 0 Å². The first kappa shape index (κ1) is 20.5. The second kappa shape index (κ2) is 7.82. The van der Waals surface area contributed by atoms with Gasteiger partial charge in [-0.2, -0.15) is 0 Å². The summed E-state index contributed by atoms with van der Waals surface area (Å²) >= 11 is 0. The van der Waals surface area contributed by atoms with Gasteiger partial charge in [0.25, 0.3) is 5.91 Å². The Bertz CT molecular complexity index is 800. The van der Waals surface area contributed by atoms with Gasteiger partial charge in [0.05, 0.1) is 12.7 Å². The summed E-state index contributed by atoms with van der Waals surface area (Å²) in [6.07, 6.45) is 0. The van der Waals surface area contributed by atoms with Gasteiger partial charge in [0.15, 0.2) is 5.60 Å². The monoisotopic (exact) mass is 369 g/mol. The molecule has 0 heterocycles. The maximum absolute atomic E-state index is 12.6. The van der Waals surface area contributed by atoms with E-state index in [-0.39, 0.29) is 11.3 Å². The molecule has 1 amide bonds. The molecule has 5 nitrogen and oxygen atoms in total. The molecule has 0 aliphatic heterocycles. The van der Waals surface area contributed by atoms with E-state index in [4.69, 9.17) is 4.74 Å². The molecule has 27 heavy (non-hydrogen) atoms. The Morgan fingerprint density at radius 1 is 0.852 bits per heavy atom. The average Bonchev–Trinajstić information content (AvgIpc) is 2.61. The molecule has 0 saturated carbocycles. The van der Waals surface area contributed by atoms with Crippen LogP contribution in [-0.2, 0) is 14.9 Å². The lowest BCUT2D eigenvalue weighted by molar-refractivity contribution is -0.128. The third-order valence-electron chi connectivity index (χ3n) is 4.20. The quantitative estimate of drug-likeness (QED) is 0.784. The molecule has 0 aliphatic carbocycles. The maximum atomic E-state index is 12.6. The van der Waals surface area contributed by atoms with Crippen LogP contribution in [0.15, 0.2) is 48.5 Å². The van der Waals surface area contributed by atoms with Crippen molar-refractivity contribution in [3.05, 3.63) is 59.7 Å². The number of hydrogen-bond donors (Lipinski definition) is 1. The summed E-state index contributed by atoms with van der Waals surface area (Å²) in [5, 5.41) is 2.81. The van der Waals surface area contributed by atoms with Gasteiger partial charge in [-0.3, -0.25) is 4.79 Å². The topological polar surface area (TPSA) is 64.6 Å². The highest BCUT2D eigenvalue weighted by atomic mass is 16.5. The van der Waals surface area contributed by atoms with Crippen molar-refractivity contribution in [2.24, 2.45) is 0 Å². The molecule has 0 aliphatic rings. The van der Waals surface area contributed by atoms with Gasteiger partial charge >= 0.3 is 5.97 Å². The van der Waals surface area contributed by atoms with Crippen molar-refractivity contribution in [1.82, 2.24) is 0 Å². The van der Waals surface area contributed by atoms with Gasteiger partial charge in [0, 0.05) is 5.69 Å². The predicted molar refractivity (Wildman–Crippen MR) is 106 cm³/mol. The molecule has 0 radical (unpaired) electrons. The van der Waals surface area contributed by atoms with E-state index in [1.807, 2.05) is 24.3 Å². The summed E-state index contributed by atoms with van der Waals surface area (Å²) in [6, 6.07) is 14.3. The van der Waals surface area contributed by atoms with Crippen LogP contribution in [0.1, 0.15) is 50.5 Å². The van der Waals surface area contributed by atoms with Gasteiger partial charge in [-0.1, -0.05) is 32.9 Å². The minimum Gasteiger partial charge on any atom is -0.478 e. The zero-order valence-electron chi connectivity index (χ0n) is 16.8. The van der Waals surface area contributed by atoms with E-state index in [0.29, 0.717) is 17.0 Å². The summed E-state index contributed by atoms with van der Waals surface area (Å²) in [7, 11) is 1.33. The molecule has 0 fully saturated rings. The molecule has 0 unspecified atom stereocenters. The molecular formula is C22H27NO4. The van der Waals surface area contributed by atoms with Crippen LogP contribution in [0.3, 0.4) is 0 Å². The minimum atomic E-state index is -1.07. The standard InChI is InChI=1S/C22H27NO4/c1-21(2,3)16-9-13-18(14-10-16)27-22(4,5)20(25)23-17-11-7-15(8-12-17)19(24)26-6/h7-14H,1-6H3,(H,23,25). The van der Waals surface area contributed by atoms with E-state index >= 15 is 0 Å². The minimum absolute atomic E-state index is 0.0573. The number of methoxy groups -OCH3 is 1. The molecule has 0 atom stereocenters. The largest absolute Gasteiger partial charge is 0.478 e. The first-order valence-corrected chi connectivity index (χ1v) is 8.82. The van der Waals surface area contributed by atoms with Crippen molar-refractivity contribution in [2.45, 2.75) is 45.6 Å². The molecule has 2 aromatic rings. The summed E-state index contributed by atoms with van der Waals surface area (Å²) in [5.41, 5.74) is 1.19. The van der Waals surface area contributed by atoms with Crippen molar-refractivity contribution in [1.29, 1.82) is 0 Å². The lowest BCUT2D eigenvalue weighted by atomic mass is 9.87. The Balaban J connectivity index is 2.05. The highest BCUT2D eigenvalue weighted by molar-refractivity contribution is 5.97. The Morgan fingerprint density at radius 2 is 1.41 bits per heavy atom. The van der Waals surface area contributed by atoms with Crippen molar-refractivity contribution in [3.63, 3.8) is 0 Å². The Kier molecular flexibility index (Phi) is 5.94. The number of benzene rings is 2. The Hall–Kier alpha value is -2.82. The average molecular weight is 369 g/mol. The maximum Gasteiger partial charge on any atom is 0.337 e. The van der Waals surface area contributed by atoms with Gasteiger partial charge in [-0.25, -0.2) is 4.79 Å². The number of rotatable bonds is 5. The van der Waals surface area contributed by atoms with Gasteiger partial charge < -0.3 is 14.8 Å². The summed E-state index contributed by atoms with van der Waals surface area (Å²) < 4.78 is 10.6. The number of amides is 1. The fraction of sp³-hybridized carbons (Fsp3) is 0.364. The molecule has 2 rings (SSSR count). The van der Waals surface area contributed by atoms with Crippen molar-refractivity contribution in [3.8, 4) is 5.75 Å². The summed E-state index contributed by atoms with van der Waals surface area (Å²) in [6.45, 7) is 9.86. The first-order valence-electron chi connectivity index (χ1n) is 8.82. The number of carbonyl (C=O) groups is 2. The smallest absolute Gasteiger partial charge is 0.337 e. The van der Waals surface area contributed by atoms with E-state index in [0.717, 1.165) is 0 Å². The van der Waals surface area contributed by atoms with Crippen LogP contribution in [0, 0.1) is 0 Å². The molecule has 2 aromatic carbocycles. The van der Waals surface area contributed by atoms with Gasteiger partial charge in [0.1, 0.15) is 5.75 Å². The lowest BCUT2D eigenvalue weighted by Crippen LogP contribution is -2.42. The molecule has 1 N–H and O–H groups in total. The van der Waals surface area contributed by atoms with Crippen molar-refractivity contribution < 1.29 is 19.1 Å². The number of nitrogens with one attached hydrogen (secondary N) is 1. The van der Waals surface area contributed by atoms with Gasteiger partial charge in [0.2, 0.25) is 0 Å². The SMILES string of the molecule is COC(=O)c1ccc(NC(=O)C(C)(C)Oc2ccc(C(C)(C)C)cc2)cc1. The van der Waals surface area contributed by atoms with E-state index < -0.39 is 11.6 Å². The summed E-state index contributed by atoms with van der Waals surface area (Å²) in [4.78, 5) is 24.1. The Labute approximate surface area is 160 Å². The Morgan fingerprint density at radius 3 is 1.89 bits per heavy atom. The predicted octanol–water partition coefficient (Wildman–Crippen LogP) is 4.57. The first-order chi connectivity index (χ1) is 12.5. The van der Waals surface area contributed by atoms with Crippen LogP contribution in [-0.4, -0.2) is 24.6 Å². The molecule has 0 bridgehead atoms. The van der Waals surface area contributed by atoms with Gasteiger partial charge in [-0.15, -0.1) is 0 Å². The molecule has 5 heteroatoms. The highest BCUT2D eigenvalue weighted by Crippen LogP contribution is 2.26. The third kappa shape index (κ3) is 5.33. The number of carbonyl (C=O) groups excluding carboxylic acids is 2. The van der Waals surface area contributed by atoms with Crippen LogP contribution in [0.25, 0.3) is 0 Å². The zero-order valence-corrected chi connectivity index (χ0v) is 16.8. The lowest BCUT2D eigenvalue weighted by Gasteiger charge is -2.26. The molecule has 0 saturated heterocycles. The van der Waals surface area contributed by atoms with E-state index in [9.17, 15) is 9.59 Å². The van der Waals surface area contributed by atoms with Crippen molar-refractivity contribution in [2.75, 3.05) is 12.4 Å². The second-order valence-electron chi connectivity index (χ2n) is 7.91. The number of anilines is 1. The fourth-order valence-electron chi connectivity index (χ4n) is 2.45. The molecule has 0 spiro atoms.